The van der Waals surface area contributed by atoms with Crippen molar-refractivity contribution in [3.8, 4) is 0 Å². The monoisotopic (exact) mass is 208 g/mol. The summed E-state index contributed by atoms with van der Waals surface area (Å²) in [6.45, 7) is 1.16. The summed E-state index contributed by atoms with van der Waals surface area (Å²) < 4.78 is 0. The van der Waals surface area contributed by atoms with Crippen LogP contribution in [0.1, 0.15) is 38.5 Å². The fraction of sp³-hybridized carbons (Fsp3) is 0.917. The van der Waals surface area contributed by atoms with Crippen LogP contribution in [-0.2, 0) is 4.79 Å². The molecule has 1 saturated carbocycles. The molecule has 3 nitrogen and oxygen atoms in total. The molecule has 0 aromatic heterocycles. The standard InChI is InChI=1S/C12H20N2O/c1-13-9-5-2-3-6-10(9)14-8-4-7-11(14)12(13)15/h9-11H,2-8H2,1H3/t9-,10-,11-/m0/s1. The van der Waals surface area contributed by atoms with Crippen LogP contribution in [-0.4, -0.2) is 47.4 Å². The van der Waals surface area contributed by atoms with Crippen LogP contribution in [0.15, 0.2) is 0 Å². The molecule has 2 aliphatic heterocycles. The third-order valence-electron chi connectivity index (χ3n) is 4.54. The topological polar surface area (TPSA) is 23.6 Å². The second-order valence-corrected chi connectivity index (χ2v) is 5.26. The molecule has 0 aromatic carbocycles. The number of carbonyl (C=O) groups is 1. The smallest absolute Gasteiger partial charge is 0.239 e. The Morgan fingerprint density at radius 1 is 1.07 bits per heavy atom. The zero-order valence-corrected chi connectivity index (χ0v) is 9.48. The molecule has 0 N–H and O–H groups in total. The minimum atomic E-state index is 0.231. The maximum atomic E-state index is 12.1. The molecule has 0 unspecified atom stereocenters. The van der Waals surface area contributed by atoms with Crippen molar-refractivity contribution in [3.05, 3.63) is 0 Å². The molecule has 2 heterocycles. The van der Waals surface area contributed by atoms with Gasteiger partial charge in [-0.3, -0.25) is 9.69 Å². The van der Waals surface area contributed by atoms with Gasteiger partial charge in [-0.15, -0.1) is 0 Å². The van der Waals surface area contributed by atoms with E-state index in [1.54, 1.807) is 0 Å². The first-order valence-corrected chi connectivity index (χ1v) is 6.31. The number of amides is 1. The zero-order valence-electron chi connectivity index (χ0n) is 9.48. The normalized spacial score (nSPS) is 41.5. The van der Waals surface area contributed by atoms with Gasteiger partial charge in [0.1, 0.15) is 0 Å². The van der Waals surface area contributed by atoms with E-state index >= 15 is 0 Å². The molecule has 0 radical (unpaired) electrons. The van der Waals surface area contributed by atoms with Crippen LogP contribution in [0.3, 0.4) is 0 Å². The molecule has 15 heavy (non-hydrogen) atoms. The lowest BCUT2D eigenvalue weighted by atomic mass is 9.85. The highest BCUT2D eigenvalue weighted by atomic mass is 16.2. The number of hydrogen-bond donors (Lipinski definition) is 0. The Kier molecular flexibility index (Phi) is 2.23. The van der Waals surface area contributed by atoms with Gasteiger partial charge in [-0.1, -0.05) is 12.8 Å². The lowest BCUT2D eigenvalue weighted by molar-refractivity contribution is -0.148. The third kappa shape index (κ3) is 1.32. The van der Waals surface area contributed by atoms with Crippen molar-refractivity contribution >= 4 is 5.91 Å². The Morgan fingerprint density at radius 2 is 1.80 bits per heavy atom. The third-order valence-corrected chi connectivity index (χ3v) is 4.54. The fourth-order valence-corrected chi connectivity index (χ4v) is 3.78. The number of nitrogens with zero attached hydrogens (tertiary/aromatic N) is 2. The predicted octanol–water partition coefficient (Wildman–Crippen LogP) is 1.23. The number of carbonyl (C=O) groups excluding carboxylic acids is 1. The number of rotatable bonds is 0. The van der Waals surface area contributed by atoms with Crippen molar-refractivity contribution in [2.45, 2.75) is 56.7 Å². The van der Waals surface area contributed by atoms with Gasteiger partial charge < -0.3 is 4.90 Å². The second-order valence-electron chi connectivity index (χ2n) is 5.26. The molecule has 0 spiro atoms. The Bertz CT molecular complexity index is 277. The molecule has 0 aromatic rings. The van der Waals surface area contributed by atoms with Crippen LogP contribution < -0.4 is 0 Å². The van der Waals surface area contributed by atoms with Crippen LogP contribution in [0.4, 0.5) is 0 Å². The quantitative estimate of drug-likeness (QED) is 0.598. The van der Waals surface area contributed by atoms with Crippen molar-refractivity contribution in [2.75, 3.05) is 13.6 Å². The first-order chi connectivity index (χ1) is 7.29. The summed E-state index contributed by atoms with van der Waals surface area (Å²) >= 11 is 0. The lowest BCUT2D eigenvalue weighted by Crippen LogP contribution is -2.64. The first kappa shape index (κ1) is 9.64. The average Bonchev–Trinajstić information content (AvgIpc) is 2.75. The van der Waals surface area contributed by atoms with Crippen LogP contribution in [0.25, 0.3) is 0 Å². The molecule has 2 saturated heterocycles. The van der Waals surface area contributed by atoms with Gasteiger partial charge in [0.05, 0.1) is 6.04 Å². The van der Waals surface area contributed by atoms with Gasteiger partial charge >= 0.3 is 0 Å². The van der Waals surface area contributed by atoms with Crippen molar-refractivity contribution in [1.29, 1.82) is 0 Å². The largest absolute Gasteiger partial charge is 0.340 e. The maximum absolute atomic E-state index is 12.1. The van der Waals surface area contributed by atoms with E-state index in [-0.39, 0.29) is 6.04 Å². The maximum Gasteiger partial charge on any atom is 0.239 e. The van der Waals surface area contributed by atoms with Crippen LogP contribution in [0, 0.1) is 0 Å². The first-order valence-electron chi connectivity index (χ1n) is 6.31. The van der Waals surface area contributed by atoms with E-state index in [0.29, 0.717) is 18.0 Å². The SMILES string of the molecule is CN1C(=O)[C@@H]2CCCN2[C@H]2CCCC[C@@H]21. The van der Waals surface area contributed by atoms with Crippen molar-refractivity contribution < 1.29 is 4.79 Å². The highest BCUT2D eigenvalue weighted by Gasteiger charge is 2.47. The van der Waals surface area contributed by atoms with Gasteiger partial charge in [0.2, 0.25) is 5.91 Å². The van der Waals surface area contributed by atoms with Gasteiger partial charge in [-0.05, 0) is 32.2 Å². The summed E-state index contributed by atoms with van der Waals surface area (Å²) in [4.78, 5) is 16.7. The summed E-state index contributed by atoms with van der Waals surface area (Å²) in [6, 6.07) is 1.42. The minimum absolute atomic E-state index is 0.231. The van der Waals surface area contributed by atoms with Crippen LogP contribution >= 0.6 is 0 Å². The van der Waals surface area contributed by atoms with E-state index in [0.717, 1.165) is 13.0 Å². The van der Waals surface area contributed by atoms with Crippen LogP contribution in [0.2, 0.25) is 0 Å². The Labute approximate surface area is 91.4 Å². The molecular formula is C12H20N2O. The summed E-state index contributed by atoms with van der Waals surface area (Å²) in [6.07, 6.45) is 7.48. The second kappa shape index (κ2) is 3.48. The summed E-state index contributed by atoms with van der Waals surface area (Å²) in [5.74, 6) is 0.385. The Hall–Kier alpha value is -0.570. The lowest BCUT2D eigenvalue weighted by Gasteiger charge is -2.49. The van der Waals surface area contributed by atoms with Gasteiger partial charge in [-0.25, -0.2) is 0 Å². The van der Waals surface area contributed by atoms with Gasteiger partial charge in [0.15, 0.2) is 0 Å². The highest BCUT2D eigenvalue weighted by Crippen LogP contribution is 2.36. The number of fused-ring (bicyclic) bond motifs is 3. The van der Waals surface area contributed by atoms with E-state index < -0.39 is 0 Å². The summed E-state index contributed by atoms with van der Waals surface area (Å²) in [5.41, 5.74) is 0. The number of piperazine rings is 1. The van der Waals surface area contributed by atoms with Crippen LogP contribution in [0.5, 0.6) is 0 Å². The molecule has 0 bridgehead atoms. The summed E-state index contributed by atoms with van der Waals surface area (Å²) in [5, 5.41) is 0. The molecular weight excluding hydrogens is 188 g/mol. The van der Waals surface area contributed by atoms with Crippen molar-refractivity contribution in [2.24, 2.45) is 0 Å². The molecule has 1 aliphatic carbocycles. The summed E-state index contributed by atoms with van der Waals surface area (Å²) in [7, 11) is 2.01. The average molecular weight is 208 g/mol. The minimum Gasteiger partial charge on any atom is -0.340 e. The Morgan fingerprint density at radius 3 is 2.60 bits per heavy atom. The van der Waals surface area contributed by atoms with E-state index in [9.17, 15) is 4.79 Å². The molecule has 84 valence electrons. The molecule has 3 rings (SSSR count). The van der Waals surface area contributed by atoms with Gasteiger partial charge in [0.25, 0.3) is 0 Å². The van der Waals surface area contributed by atoms with Gasteiger partial charge in [0, 0.05) is 19.1 Å². The molecule has 3 atom stereocenters. The predicted molar refractivity (Wildman–Crippen MR) is 58.5 cm³/mol. The molecule has 3 aliphatic rings. The van der Waals surface area contributed by atoms with E-state index in [4.69, 9.17) is 0 Å². The zero-order chi connectivity index (χ0) is 10.4. The number of likely N-dealkylation sites (N-methyl/N-ethyl adjacent to an activating group) is 1. The van der Waals surface area contributed by atoms with E-state index in [2.05, 4.69) is 9.80 Å². The molecule has 3 fully saturated rings. The van der Waals surface area contributed by atoms with E-state index in [1.807, 2.05) is 7.05 Å². The van der Waals surface area contributed by atoms with Crippen molar-refractivity contribution in [3.63, 3.8) is 0 Å². The number of hydrogen-bond acceptors (Lipinski definition) is 2. The van der Waals surface area contributed by atoms with Gasteiger partial charge in [-0.2, -0.15) is 0 Å². The Balaban J connectivity index is 1.89. The molecule has 1 amide bonds. The van der Waals surface area contributed by atoms with E-state index in [1.165, 1.54) is 32.1 Å². The fourth-order valence-electron chi connectivity index (χ4n) is 3.78. The molecule has 3 heteroatoms. The van der Waals surface area contributed by atoms with Crippen molar-refractivity contribution in [1.82, 2.24) is 9.80 Å². The highest BCUT2D eigenvalue weighted by molar-refractivity contribution is 5.83.